The third-order valence-electron chi connectivity index (χ3n) is 13.3. The molecule has 0 N–H and O–H groups in total. The molecule has 9 heterocycles. The minimum atomic E-state index is 0.825. The first-order valence-electron chi connectivity index (χ1n) is 25.1. The van der Waals surface area contributed by atoms with Crippen LogP contribution in [0.2, 0.25) is 0 Å². The Hall–Kier alpha value is -7.46. The second-order valence-corrected chi connectivity index (χ2v) is 20.4. The first-order valence-corrected chi connectivity index (χ1v) is 26.8. The van der Waals surface area contributed by atoms with Crippen molar-refractivity contribution in [3.8, 4) is 88.7 Å². The van der Waals surface area contributed by atoms with E-state index in [-0.39, 0.29) is 0 Å². The fourth-order valence-corrected chi connectivity index (χ4v) is 12.0. The van der Waals surface area contributed by atoms with Gasteiger partial charge in [0.25, 0.3) is 0 Å². The van der Waals surface area contributed by atoms with Crippen LogP contribution in [0.15, 0.2) is 183 Å². The number of rotatable bonds is 19. The Labute approximate surface area is 424 Å². The van der Waals surface area contributed by atoms with Gasteiger partial charge in [-0.15, -0.1) is 22.7 Å². The SMILES string of the molecule is CCCCCCCCCCCCn1c2cc(-c3ccc(-c4cc(-c5ccccn5)nc(-c5ccccn5)c4)cc3)sc2c2sc(-c3ccc(-c4cc(-c5ccccn5)nc(-c5ccccn5)c4)cc3)cc21. The van der Waals surface area contributed by atoms with Crippen LogP contribution in [0.5, 0.6) is 0 Å². The average molecular weight is 962 g/mol. The van der Waals surface area contributed by atoms with Crippen molar-refractivity contribution >= 4 is 43.1 Å². The van der Waals surface area contributed by atoms with Gasteiger partial charge in [-0.1, -0.05) is 138 Å². The van der Waals surface area contributed by atoms with E-state index in [9.17, 15) is 0 Å². The van der Waals surface area contributed by atoms with E-state index in [0.717, 1.165) is 74.3 Å². The van der Waals surface area contributed by atoms with Gasteiger partial charge in [0.15, 0.2) is 0 Å². The number of benzene rings is 2. The molecule has 0 bridgehead atoms. The monoisotopic (exact) mass is 961 g/mol. The molecule has 9 heteroatoms. The fourth-order valence-electron chi connectivity index (χ4n) is 9.53. The second-order valence-electron chi connectivity index (χ2n) is 18.3. The number of unbranched alkanes of at least 4 members (excludes halogenated alkanes) is 9. The highest BCUT2D eigenvalue weighted by molar-refractivity contribution is 7.30. The van der Waals surface area contributed by atoms with Crippen LogP contribution < -0.4 is 0 Å². The molecule has 2 aromatic carbocycles. The number of hydrogen-bond donors (Lipinski definition) is 0. The van der Waals surface area contributed by atoms with Gasteiger partial charge in [0, 0.05) is 41.1 Å². The van der Waals surface area contributed by atoms with Crippen molar-refractivity contribution in [2.75, 3.05) is 0 Å². The normalized spacial score (nSPS) is 11.5. The summed E-state index contributed by atoms with van der Waals surface area (Å²) in [6, 6.07) is 55.2. The second kappa shape index (κ2) is 21.7. The van der Waals surface area contributed by atoms with E-state index in [4.69, 9.17) is 9.97 Å². The molecule has 71 heavy (non-hydrogen) atoms. The third-order valence-corrected chi connectivity index (χ3v) is 15.8. The van der Waals surface area contributed by atoms with Gasteiger partial charge in [0.05, 0.1) is 66.0 Å². The van der Waals surface area contributed by atoms with Crippen molar-refractivity contribution in [1.82, 2.24) is 34.5 Å². The number of aromatic nitrogens is 7. The summed E-state index contributed by atoms with van der Waals surface area (Å²) in [6.07, 6.45) is 20.5. The van der Waals surface area contributed by atoms with E-state index in [2.05, 4.69) is 116 Å². The lowest BCUT2D eigenvalue weighted by molar-refractivity contribution is 0.541. The molecule has 11 rings (SSSR count). The molecule has 11 aromatic rings. The number of fused-ring (bicyclic) bond motifs is 3. The molecule has 7 nitrogen and oxygen atoms in total. The highest BCUT2D eigenvalue weighted by atomic mass is 32.1. The standard InChI is InChI=1S/C62H55N7S2/c1-2-3-4-5-6-7-8-9-10-19-36-69-57-41-59(45-28-24-43(25-29-45)47-37-53(49-20-11-15-32-63-49)67-54(38-47)50-21-12-16-33-64-50)70-61(57)62-58(69)42-60(71-62)46-30-26-44(27-31-46)48-39-55(51-22-13-17-34-65-51)68-56(40-48)52-23-14-18-35-66-52/h11-18,20-35,37-42H,2-10,19,36H2,1H3. The van der Waals surface area contributed by atoms with Crippen molar-refractivity contribution < 1.29 is 0 Å². The maximum atomic E-state index is 5.00. The Kier molecular flexibility index (Phi) is 14.0. The van der Waals surface area contributed by atoms with Crippen molar-refractivity contribution in [2.45, 2.75) is 77.7 Å². The summed E-state index contributed by atoms with van der Waals surface area (Å²) in [7, 11) is 0. The molecule has 0 aliphatic rings. The van der Waals surface area contributed by atoms with E-state index < -0.39 is 0 Å². The Morgan fingerprint density at radius 2 is 0.676 bits per heavy atom. The van der Waals surface area contributed by atoms with Crippen LogP contribution in [0, 0.1) is 0 Å². The molecule has 0 aliphatic carbocycles. The number of pyridine rings is 6. The van der Waals surface area contributed by atoms with Gasteiger partial charge in [-0.05, 0) is 125 Å². The van der Waals surface area contributed by atoms with Crippen molar-refractivity contribution in [1.29, 1.82) is 0 Å². The zero-order chi connectivity index (χ0) is 47.8. The molecule has 0 saturated heterocycles. The van der Waals surface area contributed by atoms with E-state index >= 15 is 0 Å². The molecule has 350 valence electrons. The molecular weight excluding hydrogens is 907 g/mol. The topological polar surface area (TPSA) is 82.3 Å². The van der Waals surface area contributed by atoms with Crippen LogP contribution in [0.1, 0.15) is 71.1 Å². The van der Waals surface area contributed by atoms with Gasteiger partial charge in [-0.3, -0.25) is 19.9 Å². The molecule has 0 amide bonds. The van der Waals surface area contributed by atoms with E-state index in [0.29, 0.717) is 0 Å². The highest BCUT2D eigenvalue weighted by Gasteiger charge is 2.20. The fraction of sp³-hybridized carbons (Fsp3) is 0.194. The summed E-state index contributed by atoms with van der Waals surface area (Å²) in [5.74, 6) is 0. The van der Waals surface area contributed by atoms with Crippen molar-refractivity contribution in [3.63, 3.8) is 0 Å². The molecule has 0 saturated carbocycles. The van der Waals surface area contributed by atoms with Crippen molar-refractivity contribution in [3.05, 3.63) is 183 Å². The quantitative estimate of drug-likeness (QED) is 0.0751. The summed E-state index contributed by atoms with van der Waals surface area (Å²) in [4.78, 5) is 31.1. The van der Waals surface area contributed by atoms with E-state index in [1.165, 1.54) is 106 Å². The molecule has 0 unspecified atom stereocenters. The lowest BCUT2D eigenvalue weighted by atomic mass is 10.0. The van der Waals surface area contributed by atoms with Gasteiger partial charge in [0.2, 0.25) is 0 Å². The molecule has 0 spiro atoms. The lowest BCUT2D eigenvalue weighted by Gasteiger charge is -2.10. The van der Waals surface area contributed by atoms with Crippen molar-refractivity contribution in [2.24, 2.45) is 0 Å². The van der Waals surface area contributed by atoms with Crippen LogP contribution in [-0.2, 0) is 6.54 Å². The van der Waals surface area contributed by atoms with Crippen LogP contribution in [0.3, 0.4) is 0 Å². The van der Waals surface area contributed by atoms with Crippen LogP contribution in [0.4, 0.5) is 0 Å². The van der Waals surface area contributed by atoms with Gasteiger partial charge in [-0.25, -0.2) is 9.97 Å². The maximum Gasteiger partial charge on any atom is 0.0900 e. The zero-order valence-corrected chi connectivity index (χ0v) is 41.7. The average Bonchev–Trinajstić information content (AvgIpc) is 4.15. The zero-order valence-electron chi connectivity index (χ0n) is 40.0. The summed E-state index contributed by atoms with van der Waals surface area (Å²) >= 11 is 3.83. The molecule has 0 atom stereocenters. The molecule has 9 aromatic heterocycles. The first kappa shape index (κ1) is 46.0. The van der Waals surface area contributed by atoms with Gasteiger partial charge >= 0.3 is 0 Å². The predicted molar refractivity (Wildman–Crippen MR) is 297 cm³/mol. The summed E-state index contributed by atoms with van der Waals surface area (Å²) in [5, 5.41) is 0. The number of nitrogens with zero attached hydrogens (tertiary/aromatic N) is 7. The summed E-state index contributed by atoms with van der Waals surface area (Å²) in [6.45, 7) is 3.31. The summed E-state index contributed by atoms with van der Waals surface area (Å²) < 4.78 is 5.35. The molecule has 0 aliphatic heterocycles. The number of aryl methyl sites for hydroxylation is 1. The van der Waals surface area contributed by atoms with Gasteiger partial charge in [0.1, 0.15) is 0 Å². The van der Waals surface area contributed by atoms with Crippen LogP contribution in [-0.4, -0.2) is 34.5 Å². The Morgan fingerprint density at radius 1 is 0.338 bits per heavy atom. The van der Waals surface area contributed by atoms with Gasteiger partial charge < -0.3 is 4.57 Å². The minimum absolute atomic E-state index is 0.825. The van der Waals surface area contributed by atoms with Crippen LogP contribution >= 0.6 is 22.7 Å². The highest BCUT2D eigenvalue weighted by Crippen LogP contribution is 2.46. The van der Waals surface area contributed by atoms with Crippen LogP contribution in [0.25, 0.3) is 109 Å². The number of thiophene rings is 2. The first-order chi connectivity index (χ1) is 35.1. The number of hydrogen-bond acceptors (Lipinski definition) is 8. The van der Waals surface area contributed by atoms with E-state index in [1.54, 1.807) is 0 Å². The van der Waals surface area contributed by atoms with Gasteiger partial charge in [-0.2, -0.15) is 0 Å². The third kappa shape index (κ3) is 10.4. The maximum absolute atomic E-state index is 5.00. The Morgan fingerprint density at radius 3 is 1.01 bits per heavy atom. The molecular formula is C62H55N7S2. The molecule has 0 radical (unpaired) electrons. The lowest BCUT2D eigenvalue weighted by Crippen LogP contribution is -1.97. The predicted octanol–water partition coefficient (Wildman–Crippen LogP) is 17.5. The Balaban J connectivity index is 0.897. The molecule has 0 fully saturated rings. The van der Waals surface area contributed by atoms with E-state index in [1.807, 2.05) is 120 Å². The summed E-state index contributed by atoms with van der Waals surface area (Å²) in [5.41, 5.74) is 16.2. The smallest absolute Gasteiger partial charge is 0.0900 e. The Bertz CT molecular complexity index is 3160. The largest absolute Gasteiger partial charge is 0.339 e. The minimum Gasteiger partial charge on any atom is -0.339 e.